The van der Waals surface area contributed by atoms with Crippen molar-refractivity contribution in [3.8, 4) is 33.4 Å². The number of rotatable bonds is 2. The maximum atomic E-state index is 6.24. The monoisotopic (exact) mass is 694 g/mol. The third kappa shape index (κ3) is 4.43. The molecule has 2 heteroatoms. The summed E-state index contributed by atoms with van der Waals surface area (Å²) in [7, 11) is 0. The first-order chi connectivity index (χ1) is 26.1. The minimum atomic E-state index is -0.203. The largest absolute Gasteiger partial charge is 0.456 e. The molecular weight excluding hydrogens is 661 g/mol. The van der Waals surface area contributed by atoms with Crippen LogP contribution in [0.3, 0.4) is 0 Å². The van der Waals surface area contributed by atoms with Crippen LogP contribution in [-0.2, 0) is 5.41 Å². The maximum Gasteiger partial charge on any atom is 0.135 e. The van der Waals surface area contributed by atoms with Crippen molar-refractivity contribution >= 4 is 75.0 Å². The molecule has 0 aliphatic heterocycles. The van der Waals surface area contributed by atoms with E-state index in [-0.39, 0.29) is 5.41 Å². The standard InChI is InChI=1S/C51H34OS/c1-51(2)44-22-12-9-21-40(44)48-38-26-27-39-37-20-11-14-24-47(37)53-50(39)43(38)30-42(49(48)51)35-16-6-4-3-5-15-32(33-17-7-8-18-34(33)35)31-25-28-46-41(29-31)36-19-10-13-23-45(36)52-46/h3-30H,1-2H3. The second kappa shape index (κ2) is 11.4. The number of hydrogen-bond acceptors (Lipinski definition) is 2. The Balaban J connectivity index is 1.29. The molecule has 8 aromatic carbocycles. The van der Waals surface area contributed by atoms with Crippen LogP contribution in [0, 0.1) is 0 Å². The summed E-state index contributed by atoms with van der Waals surface area (Å²) >= 11 is 1.91. The lowest BCUT2D eigenvalue weighted by Gasteiger charge is -2.26. The minimum absolute atomic E-state index is 0.203. The van der Waals surface area contributed by atoms with Gasteiger partial charge in [-0.1, -0.05) is 153 Å². The highest BCUT2D eigenvalue weighted by atomic mass is 32.1. The van der Waals surface area contributed by atoms with Gasteiger partial charge in [-0.3, -0.25) is 0 Å². The van der Waals surface area contributed by atoms with Gasteiger partial charge >= 0.3 is 0 Å². The molecule has 1 aliphatic carbocycles. The Morgan fingerprint density at radius 3 is 1.89 bits per heavy atom. The predicted octanol–water partition coefficient (Wildman–Crippen LogP) is 15.0. The van der Waals surface area contributed by atoms with Crippen molar-refractivity contribution in [1.29, 1.82) is 0 Å². The molecule has 0 spiro atoms. The predicted molar refractivity (Wildman–Crippen MR) is 228 cm³/mol. The van der Waals surface area contributed by atoms with E-state index in [0.29, 0.717) is 0 Å². The molecule has 0 saturated heterocycles. The van der Waals surface area contributed by atoms with E-state index < -0.39 is 0 Å². The zero-order valence-electron chi connectivity index (χ0n) is 29.5. The summed E-state index contributed by atoms with van der Waals surface area (Å²) in [6, 6.07) is 62.3. The number of thiophene rings is 1. The SMILES string of the molecule is CC1(C)c2ccccc2-c2c1c(-c1ccccccc(-c3ccc4oc5ccccc5c4c3)c3ccccc13)cc1c2ccc2c3ccccc3sc12. The van der Waals surface area contributed by atoms with Gasteiger partial charge in [0.1, 0.15) is 11.2 Å². The van der Waals surface area contributed by atoms with Gasteiger partial charge in [0.15, 0.2) is 0 Å². The molecule has 1 nitrogen and oxygen atoms in total. The Kier molecular flexibility index (Phi) is 6.53. The van der Waals surface area contributed by atoms with E-state index in [1.807, 2.05) is 23.5 Å². The van der Waals surface area contributed by atoms with Crippen molar-refractivity contribution in [3.63, 3.8) is 0 Å². The molecule has 0 atom stereocenters. The molecule has 0 unspecified atom stereocenters. The van der Waals surface area contributed by atoms with Gasteiger partial charge in [0.25, 0.3) is 0 Å². The van der Waals surface area contributed by atoms with Gasteiger partial charge in [-0.2, -0.15) is 0 Å². The summed E-state index contributed by atoms with van der Waals surface area (Å²) in [6.45, 7) is 4.82. The van der Waals surface area contributed by atoms with Crippen LogP contribution in [0.2, 0.25) is 0 Å². The molecule has 0 amide bonds. The van der Waals surface area contributed by atoms with Crippen molar-refractivity contribution in [1.82, 2.24) is 0 Å². The Morgan fingerprint density at radius 2 is 1.04 bits per heavy atom. The maximum absolute atomic E-state index is 6.24. The van der Waals surface area contributed by atoms with E-state index in [1.54, 1.807) is 0 Å². The molecule has 0 fully saturated rings. The Morgan fingerprint density at radius 1 is 0.415 bits per heavy atom. The first-order valence-electron chi connectivity index (χ1n) is 18.3. The number of fused-ring (bicyclic) bond motifs is 13. The molecule has 2 heterocycles. The summed E-state index contributed by atoms with van der Waals surface area (Å²) in [5.74, 6) is 0. The summed E-state index contributed by atoms with van der Waals surface area (Å²) in [4.78, 5) is 0. The zero-order valence-corrected chi connectivity index (χ0v) is 30.3. The Hall–Kier alpha value is -6.22. The number of hydrogen-bond donors (Lipinski definition) is 0. The van der Waals surface area contributed by atoms with Crippen molar-refractivity contribution < 1.29 is 4.42 Å². The third-order valence-electron chi connectivity index (χ3n) is 11.5. The smallest absolute Gasteiger partial charge is 0.135 e. The highest BCUT2D eigenvalue weighted by molar-refractivity contribution is 7.26. The molecule has 1 aliphatic rings. The van der Waals surface area contributed by atoms with E-state index in [9.17, 15) is 0 Å². The van der Waals surface area contributed by atoms with Crippen LogP contribution in [0.5, 0.6) is 0 Å². The van der Waals surface area contributed by atoms with E-state index in [2.05, 4.69) is 172 Å². The molecule has 0 N–H and O–H groups in total. The number of benzene rings is 7. The number of para-hydroxylation sites is 1. The summed E-state index contributed by atoms with van der Waals surface area (Å²) < 4.78 is 8.92. The second-order valence-electron chi connectivity index (χ2n) is 14.8. The van der Waals surface area contributed by atoms with Gasteiger partial charge in [-0.05, 0) is 91.0 Å². The topological polar surface area (TPSA) is 13.1 Å². The highest BCUT2D eigenvalue weighted by Crippen LogP contribution is 2.56. The Labute approximate surface area is 311 Å². The average Bonchev–Trinajstić information content (AvgIpc) is 3.84. The molecule has 0 bridgehead atoms. The zero-order chi connectivity index (χ0) is 35.3. The van der Waals surface area contributed by atoms with Crippen LogP contribution >= 0.6 is 11.3 Å². The van der Waals surface area contributed by atoms with Crippen molar-refractivity contribution in [3.05, 3.63) is 181 Å². The molecule has 2 aromatic heterocycles. The van der Waals surface area contributed by atoms with E-state index in [0.717, 1.165) is 27.5 Å². The van der Waals surface area contributed by atoms with Gasteiger partial charge in [0, 0.05) is 41.7 Å². The first-order valence-corrected chi connectivity index (χ1v) is 19.2. The fourth-order valence-corrected chi connectivity index (χ4v) is 10.3. The normalized spacial score (nSPS) is 13.2. The minimum Gasteiger partial charge on any atom is -0.456 e. The first kappa shape index (κ1) is 30.4. The molecular formula is C51H34OS. The molecule has 53 heavy (non-hydrogen) atoms. The van der Waals surface area contributed by atoms with Gasteiger partial charge in [-0.15, -0.1) is 11.3 Å². The van der Waals surface area contributed by atoms with Crippen LogP contribution < -0.4 is 0 Å². The van der Waals surface area contributed by atoms with Crippen molar-refractivity contribution in [2.45, 2.75) is 19.3 Å². The average molecular weight is 695 g/mol. The third-order valence-corrected chi connectivity index (χ3v) is 12.7. The summed E-state index contributed by atoms with van der Waals surface area (Å²) in [6.07, 6.45) is 0. The number of furan rings is 1. The van der Waals surface area contributed by atoms with Crippen LogP contribution in [-0.4, -0.2) is 0 Å². The molecule has 250 valence electrons. The van der Waals surface area contributed by atoms with Crippen LogP contribution in [0.4, 0.5) is 0 Å². The van der Waals surface area contributed by atoms with Crippen molar-refractivity contribution in [2.24, 2.45) is 0 Å². The van der Waals surface area contributed by atoms with Crippen LogP contribution in [0.1, 0.15) is 25.0 Å². The lowest BCUT2D eigenvalue weighted by atomic mass is 9.77. The van der Waals surface area contributed by atoms with Gasteiger partial charge < -0.3 is 4.42 Å². The quantitative estimate of drug-likeness (QED) is 0.176. The molecule has 11 rings (SSSR count). The fourth-order valence-electron chi connectivity index (χ4n) is 9.12. The second-order valence-corrected chi connectivity index (χ2v) is 15.8. The lowest BCUT2D eigenvalue weighted by molar-refractivity contribution is 0.662. The molecule has 0 saturated carbocycles. The van der Waals surface area contributed by atoms with Crippen LogP contribution in [0.15, 0.2) is 174 Å². The molecule has 0 radical (unpaired) electrons. The summed E-state index contributed by atoms with van der Waals surface area (Å²) in [5, 5.41) is 9.98. The fraction of sp³-hybridized carbons (Fsp3) is 0.0588. The van der Waals surface area contributed by atoms with Gasteiger partial charge in [0.2, 0.25) is 0 Å². The highest BCUT2D eigenvalue weighted by Gasteiger charge is 2.39. The van der Waals surface area contributed by atoms with E-state index in [1.165, 1.54) is 80.7 Å². The summed E-state index contributed by atoms with van der Waals surface area (Å²) in [5.41, 5.74) is 12.0. The van der Waals surface area contributed by atoms with Crippen molar-refractivity contribution in [2.75, 3.05) is 0 Å². The lowest BCUT2D eigenvalue weighted by Crippen LogP contribution is -2.16. The van der Waals surface area contributed by atoms with Crippen LogP contribution in [0.25, 0.3) is 97.0 Å². The van der Waals surface area contributed by atoms with E-state index in [4.69, 9.17) is 4.42 Å². The Bertz CT molecular complexity index is 3210. The van der Waals surface area contributed by atoms with E-state index >= 15 is 0 Å². The van der Waals surface area contributed by atoms with Gasteiger partial charge in [0.05, 0.1) is 0 Å². The van der Waals surface area contributed by atoms with Gasteiger partial charge in [-0.25, -0.2) is 0 Å². The molecule has 10 aromatic rings.